The van der Waals surface area contributed by atoms with Crippen LogP contribution in [0.2, 0.25) is 0 Å². The second-order valence-corrected chi connectivity index (χ2v) is 10.00. The lowest BCUT2D eigenvalue weighted by atomic mass is 9.98. The molecule has 0 atom stereocenters. The Hall–Kier alpha value is -3.24. The van der Waals surface area contributed by atoms with Gasteiger partial charge in [0.15, 0.2) is 5.58 Å². The largest absolute Gasteiger partial charge is 0.419 e. The zero-order valence-electron chi connectivity index (χ0n) is 17.7. The highest BCUT2D eigenvalue weighted by molar-refractivity contribution is 7.89. The van der Waals surface area contributed by atoms with Gasteiger partial charge in [-0.1, -0.05) is 22.9 Å². The van der Waals surface area contributed by atoms with Crippen LogP contribution in [-0.4, -0.2) is 40.5 Å². The van der Waals surface area contributed by atoms with Crippen LogP contribution < -0.4 is 5.76 Å². The number of piperidine rings is 1. The highest BCUT2D eigenvalue weighted by Gasteiger charge is 2.32. The normalized spacial score (nSPS) is 16.1. The molecule has 166 valence electrons. The summed E-state index contributed by atoms with van der Waals surface area (Å²) >= 11 is 0. The van der Waals surface area contributed by atoms with Crippen LogP contribution in [0.5, 0.6) is 0 Å². The fourth-order valence-electron chi connectivity index (χ4n) is 3.99. The maximum absolute atomic E-state index is 12.9. The number of oxazole rings is 1. The van der Waals surface area contributed by atoms with Gasteiger partial charge in [-0.15, -0.1) is 0 Å². The number of benzene rings is 2. The highest BCUT2D eigenvalue weighted by atomic mass is 32.2. The summed E-state index contributed by atoms with van der Waals surface area (Å²) in [5.41, 5.74) is 2.84. The minimum absolute atomic E-state index is 0.0147. The molecule has 0 N–H and O–H groups in total. The summed E-state index contributed by atoms with van der Waals surface area (Å²) in [4.78, 5) is 16.5. The van der Waals surface area contributed by atoms with Crippen molar-refractivity contribution in [2.24, 2.45) is 7.05 Å². The number of hydrogen-bond acceptors (Lipinski definition) is 7. The van der Waals surface area contributed by atoms with E-state index in [4.69, 9.17) is 8.94 Å². The standard InChI is InChI=1S/C22H22N4O5S/c1-14-3-6-17(7-4-14)32(28,29)26-11-9-15(10-12-26)21-23-20(24-31-21)16-5-8-18-19(13-16)30-22(27)25(18)2/h3-8,13,15H,9-12H2,1-2H3. The van der Waals surface area contributed by atoms with Crippen LogP contribution in [0, 0.1) is 6.92 Å². The van der Waals surface area contributed by atoms with Crippen molar-refractivity contribution < 1.29 is 17.4 Å². The van der Waals surface area contributed by atoms with Gasteiger partial charge in [0.1, 0.15) is 0 Å². The summed E-state index contributed by atoms with van der Waals surface area (Å²) in [7, 11) is -1.87. The molecule has 0 unspecified atom stereocenters. The van der Waals surface area contributed by atoms with E-state index in [-0.39, 0.29) is 5.92 Å². The molecular formula is C22H22N4O5S. The molecule has 5 rings (SSSR count). The van der Waals surface area contributed by atoms with Crippen LogP contribution in [-0.2, 0) is 17.1 Å². The summed E-state index contributed by atoms with van der Waals surface area (Å²) < 4.78 is 39.5. The quantitative estimate of drug-likeness (QED) is 0.466. The molecule has 0 spiro atoms. The molecule has 0 radical (unpaired) electrons. The first-order chi connectivity index (χ1) is 15.3. The first-order valence-corrected chi connectivity index (χ1v) is 11.8. The second kappa shape index (κ2) is 7.72. The minimum atomic E-state index is -3.52. The Bertz CT molecular complexity index is 1440. The molecular weight excluding hydrogens is 432 g/mol. The molecule has 1 saturated heterocycles. The van der Waals surface area contributed by atoms with Crippen LogP contribution in [0.25, 0.3) is 22.5 Å². The molecule has 1 aliphatic rings. The van der Waals surface area contributed by atoms with E-state index in [0.29, 0.717) is 59.2 Å². The monoisotopic (exact) mass is 454 g/mol. The maximum Gasteiger partial charge on any atom is 0.419 e. The third-order valence-electron chi connectivity index (χ3n) is 5.95. The summed E-state index contributed by atoms with van der Waals surface area (Å²) in [5, 5.41) is 4.08. The SMILES string of the molecule is Cc1ccc(S(=O)(=O)N2CCC(c3nc(-c4ccc5c(c4)oc(=O)n5C)no3)CC2)cc1. The predicted molar refractivity (Wildman–Crippen MR) is 117 cm³/mol. The zero-order chi connectivity index (χ0) is 22.5. The van der Waals surface area contributed by atoms with Gasteiger partial charge in [-0.3, -0.25) is 4.57 Å². The molecule has 10 heteroatoms. The van der Waals surface area contributed by atoms with Crippen LogP contribution in [0.15, 0.2) is 61.1 Å². The van der Waals surface area contributed by atoms with Crippen LogP contribution in [0.3, 0.4) is 0 Å². The van der Waals surface area contributed by atoms with Gasteiger partial charge >= 0.3 is 5.76 Å². The van der Waals surface area contributed by atoms with E-state index < -0.39 is 15.8 Å². The van der Waals surface area contributed by atoms with E-state index in [0.717, 1.165) is 5.56 Å². The molecule has 32 heavy (non-hydrogen) atoms. The summed E-state index contributed by atoms with van der Waals surface area (Å²) in [6, 6.07) is 12.2. The molecule has 9 nitrogen and oxygen atoms in total. The maximum atomic E-state index is 12.9. The summed E-state index contributed by atoms with van der Waals surface area (Å²) in [6.45, 7) is 2.70. The second-order valence-electron chi connectivity index (χ2n) is 8.06. The van der Waals surface area contributed by atoms with Crippen molar-refractivity contribution in [2.45, 2.75) is 30.6 Å². The highest BCUT2D eigenvalue weighted by Crippen LogP contribution is 2.31. The lowest BCUT2D eigenvalue weighted by molar-refractivity contribution is 0.271. The zero-order valence-corrected chi connectivity index (χ0v) is 18.5. The van der Waals surface area contributed by atoms with Crippen molar-refractivity contribution >= 4 is 21.1 Å². The van der Waals surface area contributed by atoms with E-state index in [1.54, 1.807) is 43.4 Å². The van der Waals surface area contributed by atoms with Crippen LogP contribution in [0.4, 0.5) is 0 Å². The molecule has 3 heterocycles. The molecule has 0 amide bonds. The van der Waals surface area contributed by atoms with Gasteiger partial charge < -0.3 is 8.94 Å². The van der Waals surface area contributed by atoms with Crippen molar-refractivity contribution in [3.8, 4) is 11.4 Å². The van der Waals surface area contributed by atoms with Crippen molar-refractivity contribution in [1.82, 2.24) is 19.0 Å². The van der Waals surface area contributed by atoms with E-state index >= 15 is 0 Å². The van der Waals surface area contributed by atoms with E-state index in [2.05, 4.69) is 10.1 Å². The van der Waals surface area contributed by atoms with E-state index in [1.165, 1.54) is 8.87 Å². The van der Waals surface area contributed by atoms with Crippen molar-refractivity contribution in [2.75, 3.05) is 13.1 Å². The van der Waals surface area contributed by atoms with Crippen molar-refractivity contribution in [3.63, 3.8) is 0 Å². The van der Waals surface area contributed by atoms with Crippen molar-refractivity contribution in [1.29, 1.82) is 0 Å². The first kappa shape index (κ1) is 20.7. The Kier molecular flexibility index (Phi) is 4.98. The Morgan fingerprint density at radius 2 is 1.78 bits per heavy atom. The molecule has 0 bridgehead atoms. The van der Waals surface area contributed by atoms with Gasteiger partial charge in [-0.05, 0) is 50.1 Å². The number of hydrogen-bond donors (Lipinski definition) is 0. The molecule has 1 aliphatic heterocycles. The fourth-order valence-corrected chi connectivity index (χ4v) is 5.46. The Balaban J connectivity index is 1.31. The number of fused-ring (bicyclic) bond motifs is 1. The molecule has 0 aliphatic carbocycles. The minimum Gasteiger partial charge on any atom is -0.408 e. The lowest BCUT2D eigenvalue weighted by Crippen LogP contribution is -2.37. The van der Waals surface area contributed by atoms with Gasteiger partial charge in [0.25, 0.3) is 0 Å². The Morgan fingerprint density at radius 3 is 2.50 bits per heavy atom. The van der Waals surface area contributed by atoms with Gasteiger partial charge in [-0.2, -0.15) is 9.29 Å². The molecule has 0 saturated carbocycles. The number of rotatable bonds is 4. The molecule has 2 aromatic carbocycles. The van der Waals surface area contributed by atoms with Crippen LogP contribution >= 0.6 is 0 Å². The average Bonchev–Trinajstić information content (AvgIpc) is 3.39. The summed E-state index contributed by atoms with van der Waals surface area (Å²) in [6.07, 6.45) is 1.19. The topological polar surface area (TPSA) is 111 Å². The first-order valence-electron chi connectivity index (χ1n) is 10.3. The van der Waals surface area contributed by atoms with Gasteiger partial charge in [0.05, 0.1) is 10.4 Å². The van der Waals surface area contributed by atoms with E-state index in [9.17, 15) is 13.2 Å². The van der Waals surface area contributed by atoms with Crippen LogP contribution in [0.1, 0.15) is 30.2 Å². The number of aromatic nitrogens is 3. The lowest BCUT2D eigenvalue weighted by Gasteiger charge is -2.29. The molecule has 4 aromatic rings. The molecule has 2 aromatic heterocycles. The van der Waals surface area contributed by atoms with E-state index in [1.807, 2.05) is 13.0 Å². The third-order valence-corrected chi connectivity index (χ3v) is 7.87. The number of nitrogens with zero attached hydrogens (tertiary/aromatic N) is 4. The predicted octanol–water partition coefficient (Wildman–Crippen LogP) is 3.06. The summed E-state index contributed by atoms with van der Waals surface area (Å²) in [5.74, 6) is 0.447. The van der Waals surface area contributed by atoms with Gasteiger partial charge in [-0.25, -0.2) is 13.2 Å². The Morgan fingerprint density at radius 1 is 1.06 bits per heavy atom. The number of aryl methyl sites for hydroxylation is 2. The van der Waals surface area contributed by atoms with Gasteiger partial charge in [0, 0.05) is 31.6 Å². The third kappa shape index (κ3) is 3.55. The number of sulfonamides is 1. The van der Waals surface area contributed by atoms with Crippen molar-refractivity contribution in [3.05, 3.63) is 64.5 Å². The average molecular weight is 455 g/mol. The fraction of sp³-hybridized carbons (Fsp3) is 0.318. The Labute approximate surface area is 184 Å². The molecule has 1 fully saturated rings. The smallest absolute Gasteiger partial charge is 0.408 e. The van der Waals surface area contributed by atoms with Gasteiger partial charge in [0.2, 0.25) is 21.7 Å².